The highest BCUT2D eigenvalue weighted by atomic mass is 32.2. The standard InChI is InChI=1S/C18H18N4O2S/c1-3-24-17-10-9-14(13(2)23)11-15(17)12-25-18-19-20-21-22(18)16-7-5-4-6-8-16/h4-11H,3,12H2,1-2H3. The van der Waals surface area contributed by atoms with Gasteiger partial charge in [0.2, 0.25) is 5.16 Å². The van der Waals surface area contributed by atoms with Crippen molar-refractivity contribution in [2.24, 2.45) is 0 Å². The Hall–Kier alpha value is -2.67. The summed E-state index contributed by atoms with van der Waals surface area (Å²) in [7, 11) is 0. The minimum absolute atomic E-state index is 0.0309. The van der Waals surface area contributed by atoms with Crippen molar-refractivity contribution in [2.75, 3.05) is 6.61 Å². The van der Waals surface area contributed by atoms with Gasteiger partial charge >= 0.3 is 0 Å². The molecule has 0 unspecified atom stereocenters. The van der Waals surface area contributed by atoms with Crippen LogP contribution in [0.15, 0.2) is 53.7 Å². The molecule has 3 rings (SSSR count). The van der Waals surface area contributed by atoms with E-state index in [0.29, 0.717) is 23.1 Å². The second kappa shape index (κ2) is 7.94. The van der Waals surface area contributed by atoms with Crippen LogP contribution in [0.4, 0.5) is 0 Å². The third kappa shape index (κ3) is 4.06. The summed E-state index contributed by atoms with van der Waals surface area (Å²) in [6, 6.07) is 15.2. The van der Waals surface area contributed by atoms with E-state index in [2.05, 4.69) is 15.5 Å². The molecule has 0 N–H and O–H groups in total. The predicted octanol–water partition coefficient (Wildman–Crippen LogP) is 3.56. The molecule has 0 atom stereocenters. The molecule has 0 amide bonds. The highest BCUT2D eigenvalue weighted by Gasteiger charge is 2.12. The van der Waals surface area contributed by atoms with E-state index in [-0.39, 0.29) is 5.78 Å². The first-order valence-corrected chi connectivity index (χ1v) is 8.91. The Labute approximate surface area is 150 Å². The lowest BCUT2D eigenvalue weighted by Gasteiger charge is -2.11. The van der Waals surface area contributed by atoms with E-state index in [4.69, 9.17) is 4.74 Å². The third-order valence-electron chi connectivity index (χ3n) is 3.57. The molecule has 0 saturated heterocycles. The maximum atomic E-state index is 11.7. The van der Waals surface area contributed by atoms with Crippen LogP contribution in [-0.2, 0) is 5.75 Å². The molecular weight excluding hydrogens is 336 g/mol. The zero-order valence-electron chi connectivity index (χ0n) is 14.0. The van der Waals surface area contributed by atoms with E-state index in [9.17, 15) is 4.79 Å². The zero-order chi connectivity index (χ0) is 17.6. The highest BCUT2D eigenvalue weighted by molar-refractivity contribution is 7.98. The number of hydrogen-bond donors (Lipinski definition) is 0. The Kier molecular flexibility index (Phi) is 5.45. The lowest BCUT2D eigenvalue weighted by molar-refractivity contribution is 0.101. The van der Waals surface area contributed by atoms with Gasteiger partial charge in [-0.1, -0.05) is 30.0 Å². The van der Waals surface area contributed by atoms with Crippen molar-refractivity contribution in [3.05, 3.63) is 59.7 Å². The molecule has 0 bridgehead atoms. The van der Waals surface area contributed by atoms with Crippen LogP contribution < -0.4 is 4.74 Å². The summed E-state index contributed by atoms with van der Waals surface area (Å²) in [5, 5.41) is 12.6. The van der Waals surface area contributed by atoms with Crippen LogP contribution in [0.5, 0.6) is 5.75 Å². The molecule has 25 heavy (non-hydrogen) atoms. The maximum Gasteiger partial charge on any atom is 0.214 e. The number of benzene rings is 2. The molecule has 2 aromatic carbocycles. The SMILES string of the molecule is CCOc1ccc(C(C)=O)cc1CSc1nnnn1-c1ccccc1. The Bertz CT molecular complexity index is 865. The van der Waals surface area contributed by atoms with Gasteiger partial charge in [-0.25, -0.2) is 0 Å². The van der Waals surface area contributed by atoms with Gasteiger partial charge in [-0.05, 0) is 54.6 Å². The quantitative estimate of drug-likeness (QED) is 0.477. The maximum absolute atomic E-state index is 11.7. The lowest BCUT2D eigenvalue weighted by atomic mass is 10.1. The van der Waals surface area contributed by atoms with Crippen LogP contribution in [0.2, 0.25) is 0 Å². The molecule has 0 spiro atoms. The lowest BCUT2D eigenvalue weighted by Crippen LogP contribution is -2.01. The van der Waals surface area contributed by atoms with Crippen LogP contribution in [0, 0.1) is 0 Å². The molecule has 0 aliphatic heterocycles. The molecule has 7 heteroatoms. The summed E-state index contributed by atoms with van der Waals surface area (Å²) in [6.07, 6.45) is 0. The number of aromatic nitrogens is 4. The first-order valence-electron chi connectivity index (χ1n) is 7.92. The molecule has 0 fully saturated rings. The fourth-order valence-electron chi connectivity index (χ4n) is 2.35. The number of tetrazole rings is 1. The summed E-state index contributed by atoms with van der Waals surface area (Å²) in [4.78, 5) is 11.7. The van der Waals surface area contributed by atoms with Crippen LogP contribution in [0.3, 0.4) is 0 Å². The van der Waals surface area contributed by atoms with Gasteiger partial charge in [-0.2, -0.15) is 4.68 Å². The number of ketones is 1. The number of ether oxygens (including phenoxy) is 1. The van der Waals surface area contributed by atoms with Gasteiger partial charge in [0.05, 0.1) is 12.3 Å². The first-order chi connectivity index (χ1) is 12.2. The molecule has 0 saturated carbocycles. The normalized spacial score (nSPS) is 10.6. The van der Waals surface area contributed by atoms with Gasteiger partial charge in [-0.15, -0.1) is 5.10 Å². The number of nitrogens with zero attached hydrogens (tertiary/aromatic N) is 4. The van der Waals surface area contributed by atoms with Crippen LogP contribution in [0.1, 0.15) is 29.8 Å². The fraction of sp³-hybridized carbons (Fsp3) is 0.222. The van der Waals surface area contributed by atoms with Gasteiger partial charge in [-0.3, -0.25) is 4.79 Å². The summed E-state index contributed by atoms with van der Waals surface area (Å²) < 4.78 is 7.37. The Morgan fingerprint density at radius 2 is 2.00 bits per heavy atom. The average molecular weight is 354 g/mol. The number of hydrogen-bond acceptors (Lipinski definition) is 6. The highest BCUT2D eigenvalue weighted by Crippen LogP contribution is 2.29. The van der Waals surface area contributed by atoms with E-state index in [0.717, 1.165) is 17.0 Å². The van der Waals surface area contributed by atoms with Crippen molar-refractivity contribution < 1.29 is 9.53 Å². The van der Waals surface area contributed by atoms with Crippen molar-refractivity contribution in [1.29, 1.82) is 0 Å². The van der Waals surface area contributed by atoms with Gasteiger partial charge < -0.3 is 4.74 Å². The molecule has 0 aliphatic rings. The molecule has 1 heterocycles. The minimum atomic E-state index is 0.0309. The van der Waals surface area contributed by atoms with Gasteiger partial charge in [0, 0.05) is 16.9 Å². The summed E-state index contributed by atoms with van der Waals surface area (Å²) in [6.45, 7) is 4.06. The van der Waals surface area contributed by atoms with Crippen molar-refractivity contribution in [1.82, 2.24) is 20.2 Å². The van der Waals surface area contributed by atoms with Crippen molar-refractivity contribution in [2.45, 2.75) is 24.8 Å². The van der Waals surface area contributed by atoms with E-state index < -0.39 is 0 Å². The van der Waals surface area contributed by atoms with E-state index in [1.165, 1.54) is 11.8 Å². The minimum Gasteiger partial charge on any atom is -0.494 e. The fourth-order valence-corrected chi connectivity index (χ4v) is 3.22. The van der Waals surface area contributed by atoms with Crippen LogP contribution in [-0.4, -0.2) is 32.6 Å². The molecule has 6 nitrogen and oxygen atoms in total. The second-order valence-electron chi connectivity index (χ2n) is 5.31. The largest absolute Gasteiger partial charge is 0.494 e. The third-order valence-corrected chi connectivity index (χ3v) is 4.53. The smallest absolute Gasteiger partial charge is 0.214 e. The number of thioether (sulfide) groups is 1. The van der Waals surface area contributed by atoms with E-state index >= 15 is 0 Å². The van der Waals surface area contributed by atoms with E-state index in [1.54, 1.807) is 17.7 Å². The monoisotopic (exact) mass is 354 g/mol. The number of Topliss-reactive ketones (excluding diaryl/α,β-unsaturated/α-hetero) is 1. The molecule has 128 valence electrons. The first kappa shape index (κ1) is 17.2. The van der Waals surface area contributed by atoms with Crippen molar-refractivity contribution in [3.8, 4) is 11.4 Å². The number of carbonyl (C=O) groups is 1. The van der Waals surface area contributed by atoms with Crippen molar-refractivity contribution >= 4 is 17.5 Å². The molecular formula is C18H18N4O2S. The molecule has 1 aromatic heterocycles. The van der Waals surface area contributed by atoms with Gasteiger partial charge in [0.1, 0.15) is 5.75 Å². The van der Waals surface area contributed by atoms with Crippen LogP contribution in [0.25, 0.3) is 5.69 Å². The number of rotatable bonds is 7. The Morgan fingerprint density at radius 3 is 2.72 bits per heavy atom. The summed E-state index contributed by atoms with van der Waals surface area (Å²) >= 11 is 1.50. The van der Waals surface area contributed by atoms with E-state index in [1.807, 2.05) is 49.4 Å². The van der Waals surface area contributed by atoms with Crippen molar-refractivity contribution in [3.63, 3.8) is 0 Å². The van der Waals surface area contributed by atoms with Crippen LogP contribution >= 0.6 is 11.8 Å². The van der Waals surface area contributed by atoms with Gasteiger partial charge in [0.25, 0.3) is 0 Å². The molecule has 3 aromatic rings. The summed E-state index contributed by atoms with van der Waals surface area (Å²) in [5.74, 6) is 1.41. The Balaban J connectivity index is 1.83. The topological polar surface area (TPSA) is 69.9 Å². The van der Waals surface area contributed by atoms with Gasteiger partial charge in [0.15, 0.2) is 5.78 Å². The average Bonchev–Trinajstić information content (AvgIpc) is 3.10. The summed E-state index contributed by atoms with van der Waals surface area (Å²) in [5.41, 5.74) is 2.52. The molecule has 0 radical (unpaired) electrons. The number of carbonyl (C=O) groups excluding carboxylic acids is 1. The zero-order valence-corrected chi connectivity index (χ0v) is 14.9. The number of para-hydroxylation sites is 1. The Morgan fingerprint density at radius 1 is 1.20 bits per heavy atom. The second-order valence-corrected chi connectivity index (χ2v) is 6.25. The molecule has 0 aliphatic carbocycles. The predicted molar refractivity (Wildman–Crippen MR) is 96.3 cm³/mol.